The minimum absolute atomic E-state index is 0.0212. The van der Waals surface area contributed by atoms with Gasteiger partial charge in [-0.25, -0.2) is 4.39 Å². The molecule has 2 N–H and O–H groups in total. The zero-order chi connectivity index (χ0) is 23.8. The van der Waals surface area contributed by atoms with Crippen LogP contribution in [0.1, 0.15) is 78.6 Å². The molecule has 2 amide bonds. The van der Waals surface area contributed by atoms with E-state index in [1.807, 2.05) is 0 Å². The van der Waals surface area contributed by atoms with Crippen molar-refractivity contribution >= 4 is 17.5 Å². The Kier molecular flexibility index (Phi) is 7.15. The van der Waals surface area contributed by atoms with Crippen molar-refractivity contribution in [2.75, 3.05) is 26.2 Å². The second-order valence-electron chi connectivity index (χ2n) is 10.8. The smallest absolute Gasteiger partial charge is 0.270 e. The Hall–Kier alpha value is -1.92. The predicted octanol–water partition coefficient (Wildman–Crippen LogP) is 3.85. The number of alkyl halides is 1. The topological polar surface area (TPSA) is 79.0 Å². The predicted molar refractivity (Wildman–Crippen MR) is 128 cm³/mol. The van der Waals surface area contributed by atoms with Crippen LogP contribution in [0.25, 0.3) is 0 Å². The van der Waals surface area contributed by atoms with Crippen LogP contribution >= 0.6 is 0 Å². The van der Waals surface area contributed by atoms with Crippen LogP contribution in [0.4, 0.5) is 4.39 Å². The molecule has 33 heavy (non-hydrogen) atoms. The molecule has 1 heterocycles. The summed E-state index contributed by atoms with van der Waals surface area (Å²) >= 11 is 0. The molecule has 4 unspecified atom stereocenters. The number of amides is 2. The van der Waals surface area contributed by atoms with Crippen LogP contribution < -0.4 is 5.73 Å². The summed E-state index contributed by atoms with van der Waals surface area (Å²) in [4.78, 5) is 34.6. The van der Waals surface area contributed by atoms with E-state index in [1.54, 1.807) is 4.90 Å². The summed E-state index contributed by atoms with van der Waals surface area (Å²) in [6, 6.07) is 0. The molecule has 1 aliphatic heterocycles. The van der Waals surface area contributed by atoms with Crippen LogP contribution in [0, 0.1) is 17.8 Å². The highest BCUT2D eigenvalue weighted by Gasteiger charge is 2.51. The number of hydrogen-bond donors (Lipinski definition) is 1. The first kappa shape index (κ1) is 24.2. The molecular formula is C26H41FN4O2. The van der Waals surface area contributed by atoms with Gasteiger partial charge in [0.2, 0.25) is 5.91 Å². The number of nitrogens with two attached hydrogens (primary N) is 1. The third-order valence-electron chi connectivity index (χ3n) is 8.54. The highest BCUT2D eigenvalue weighted by atomic mass is 19.1. The Labute approximate surface area is 197 Å². The maximum Gasteiger partial charge on any atom is 0.270 e. The van der Waals surface area contributed by atoms with Crippen molar-refractivity contribution < 1.29 is 14.0 Å². The standard InChI is InChI=1S/C26H41FN4O2/c1-4-17(3)8-12-31(26(5-2)9-10-26)22(32)15-29-21-14-18-13-20(18)23(21)24(28)25(33)30-11-6-7-19(27)16-30/h17-20H,4-16,28H2,1-3H3/b24-23-,29-21?. The van der Waals surface area contributed by atoms with Crippen LogP contribution in [0.3, 0.4) is 0 Å². The number of likely N-dealkylation sites (tertiary alicyclic amines) is 1. The van der Waals surface area contributed by atoms with E-state index >= 15 is 0 Å². The zero-order valence-corrected chi connectivity index (χ0v) is 20.6. The van der Waals surface area contributed by atoms with E-state index < -0.39 is 6.17 Å². The Balaban J connectivity index is 1.47. The van der Waals surface area contributed by atoms with Crippen molar-refractivity contribution in [2.45, 2.75) is 90.3 Å². The van der Waals surface area contributed by atoms with Gasteiger partial charge in [-0.15, -0.1) is 0 Å². The molecule has 0 aromatic heterocycles. The van der Waals surface area contributed by atoms with Gasteiger partial charge in [0, 0.05) is 29.9 Å². The van der Waals surface area contributed by atoms with Crippen molar-refractivity contribution in [2.24, 2.45) is 28.5 Å². The molecule has 4 fully saturated rings. The first-order valence-corrected chi connectivity index (χ1v) is 13.1. The minimum atomic E-state index is -0.974. The molecule has 1 saturated heterocycles. The van der Waals surface area contributed by atoms with Crippen molar-refractivity contribution in [1.29, 1.82) is 0 Å². The number of fused-ring (bicyclic) bond motifs is 1. The van der Waals surface area contributed by atoms with E-state index in [0.29, 0.717) is 31.2 Å². The van der Waals surface area contributed by atoms with Gasteiger partial charge >= 0.3 is 0 Å². The van der Waals surface area contributed by atoms with E-state index in [-0.39, 0.29) is 42.1 Å². The second kappa shape index (κ2) is 9.75. The van der Waals surface area contributed by atoms with Crippen LogP contribution in [0.5, 0.6) is 0 Å². The van der Waals surface area contributed by atoms with Crippen molar-refractivity contribution in [1.82, 2.24) is 9.80 Å². The van der Waals surface area contributed by atoms with Crippen molar-refractivity contribution in [3.8, 4) is 0 Å². The Morgan fingerprint density at radius 2 is 2.09 bits per heavy atom. The fraction of sp³-hybridized carbons (Fsp3) is 0.808. The molecule has 184 valence electrons. The molecule has 0 aromatic carbocycles. The number of allylic oxidation sites excluding steroid dienone is 1. The summed E-state index contributed by atoms with van der Waals surface area (Å²) in [6.07, 6.45) is 7.30. The lowest BCUT2D eigenvalue weighted by atomic mass is 10.0. The van der Waals surface area contributed by atoms with Crippen LogP contribution in [-0.2, 0) is 9.59 Å². The number of halogens is 1. The van der Waals surface area contributed by atoms with Gasteiger partial charge in [0.15, 0.2) is 0 Å². The number of rotatable bonds is 9. The summed E-state index contributed by atoms with van der Waals surface area (Å²) in [5, 5.41) is 0. The molecule has 0 radical (unpaired) electrons. The summed E-state index contributed by atoms with van der Waals surface area (Å²) in [6.45, 7) is 8.19. The first-order chi connectivity index (χ1) is 15.8. The van der Waals surface area contributed by atoms with Gasteiger partial charge in [0.05, 0.1) is 6.54 Å². The zero-order valence-electron chi connectivity index (χ0n) is 20.6. The molecule has 4 aliphatic rings. The third kappa shape index (κ3) is 5.12. The van der Waals surface area contributed by atoms with Gasteiger partial charge in [-0.05, 0) is 69.1 Å². The first-order valence-electron chi connectivity index (χ1n) is 13.1. The largest absolute Gasteiger partial charge is 0.394 e. The molecule has 7 heteroatoms. The van der Waals surface area contributed by atoms with Gasteiger partial charge in [0.1, 0.15) is 18.4 Å². The average Bonchev–Trinajstić information content (AvgIpc) is 3.74. The summed E-state index contributed by atoms with van der Waals surface area (Å²) in [5.41, 5.74) is 8.26. The van der Waals surface area contributed by atoms with Crippen molar-refractivity contribution in [3.05, 3.63) is 11.3 Å². The lowest BCUT2D eigenvalue weighted by Gasteiger charge is -2.32. The van der Waals surface area contributed by atoms with Gasteiger partial charge < -0.3 is 15.5 Å². The lowest BCUT2D eigenvalue weighted by molar-refractivity contribution is -0.133. The molecule has 0 spiro atoms. The Morgan fingerprint density at radius 1 is 1.33 bits per heavy atom. The van der Waals surface area contributed by atoms with Gasteiger partial charge in [-0.1, -0.05) is 27.2 Å². The Morgan fingerprint density at radius 3 is 2.73 bits per heavy atom. The van der Waals surface area contributed by atoms with Crippen LogP contribution in [0.2, 0.25) is 0 Å². The van der Waals surface area contributed by atoms with Gasteiger partial charge in [-0.3, -0.25) is 14.6 Å². The van der Waals surface area contributed by atoms with E-state index in [2.05, 4.69) is 25.7 Å². The van der Waals surface area contributed by atoms with E-state index in [1.165, 1.54) is 0 Å². The van der Waals surface area contributed by atoms with E-state index in [9.17, 15) is 14.0 Å². The number of nitrogens with zero attached hydrogens (tertiary/aromatic N) is 3. The molecule has 0 bridgehead atoms. The summed E-state index contributed by atoms with van der Waals surface area (Å²) < 4.78 is 13.8. The summed E-state index contributed by atoms with van der Waals surface area (Å²) in [5.74, 6) is 1.19. The maximum atomic E-state index is 13.8. The Bertz CT molecular complexity index is 834. The fourth-order valence-corrected chi connectivity index (χ4v) is 5.69. The number of piperidine rings is 1. The molecule has 3 aliphatic carbocycles. The number of carbonyl (C=O) groups excluding carboxylic acids is 2. The highest BCUT2D eigenvalue weighted by molar-refractivity contribution is 6.11. The SMILES string of the molecule is CCC(C)CCN(C(=O)CN=C1CC2CC2/C1=C(/N)C(=O)N1CCCC(F)C1)C1(CC)CC1. The highest BCUT2D eigenvalue weighted by Crippen LogP contribution is 2.54. The molecule has 3 saturated carbocycles. The number of carbonyl (C=O) groups is 2. The average molecular weight is 461 g/mol. The summed E-state index contributed by atoms with van der Waals surface area (Å²) in [7, 11) is 0. The van der Waals surface area contributed by atoms with Crippen molar-refractivity contribution in [3.63, 3.8) is 0 Å². The maximum absolute atomic E-state index is 13.8. The number of aliphatic imine (C=N–C) groups is 1. The molecule has 4 rings (SSSR count). The van der Waals surface area contributed by atoms with Crippen LogP contribution in [-0.4, -0.2) is 65.2 Å². The second-order valence-corrected chi connectivity index (χ2v) is 10.8. The molecular weight excluding hydrogens is 419 g/mol. The number of hydrogen-bond acceptors (Lipinski definition) is 4. The monoisotopic (exact) mass is 460 g/mol. The quantitative estimate of drug-likeness (QED) is 0.531. The minimum Gasteiger partial charge on any atom is -0.394 e. The molecule has 0 aromatic rings. The fourth-order valence-electron chi connectivity index (χ4n) is 5.69. The van der Waals surface area contributed by atoms with E-state index in [0.717, 1.165) is 62.8 Å². The van der Waals surface area contributed by atoms with Crippen LogP contribution in [0.15, 0.2) is 16.3 Å². The molecule has 6 nitrogen and oxygen atoms in total. The van der Waals surface area contributed by atoms with Gasteiger partial charge in [0.25, 0.3) is 5.91 Å². The van der Waals surface area contributed by atoms with E-state index in [4.69, 9.17) is 10.7 Å². The third-order valence-corrected chi connectivity index (χ3v) is 8.54. The molecule has 4 atom stereocenters. The lowest BCUT2D eigenvalue weighted by Crippen LogP contribution is -2.44. The van der Waals surface area contributed by atoms with Gasteiger partial charge in [-0.2, -0.15) is 0 Å². The normalized spacial score (nSPS) is 31.2.